The Hall–Kier alpha value is -3.55. The third-order valence-electron chi connectivity index (χ3n) is 4.97. The number of aryl methyl sites for hydroxylation is 2. The number of benzene rings is 2. The van der Waals surface area contributed by atoms with Crippen molar-refractivity contribution in [2.24, 2.45) is 5.92 Å². The van der Waals surface area contributed by atoms with Gasteiger partial charge in [0, 0.05) is 17.3 Å². The number of carbonyl (C=O) groups is 3. The molecule has 0 bridgehead atoms. The van der Waals surface area contributed by atoms with E-state index in [2.05, 4.69) is 21.3 Å². The zero-order valence-corrected chi connectivity index (χ0v) is 18.0. The van der Waals surface area contributed by atoms with Crippen LogP contribution in [0.15, 0.2) is 36.4 Å². The van der Waals surface area contributed by atoms with Gasteiger partial charge in [0.25, 0.3) is 0 Å². The van der Waals surface area contributed by atoms with Crippen LogP contribution < -0.4 is 26.0 Å². The summed E-state index contributed by atoms with van der Waals surface area (Å²) in [7, 11) is 1.53. The summed E-state index contributed by atoms with van der Waals surface area (Å²) in [6.07, 6.45) is 1.88. The van der Waals surface area contributed by atoms with E-state index in [1.165, 1.54) is 7.11 Å². The van der Waals surface area contributed by atoms with Gasteiger partial charge in [0.05, 0.1) is 25.9 Å². The lowest BCUT2D eigenvalue weighted by Gasteiger charge is -2.13. The molecule has 0 aromatic heterocycles. The second kappa shape index (κ2) is 9.97. The highest BCUT2D eigenvalue weighted by Gasteiger charge is 2.29. The number of anilines is 3. The molecule has 0 saturated heterocycles. The molecule has 0 unspecified atom stereocenters. The highest BCUT2D eigenvalue weighted by molar-refractivity contribution is 5.96. The van der Waals surface area contributed by atoms with Gasteiger partial charge in [-0.1, -0.05) is 12.1 Å². The molecular weight excluding hydrogens is 396 g/mol. The fraction of sp³-hybridized carbons (Fsp3) is 0.348. The molecule has 2 aromatic rings. The Bertz CT molecular complexity index is 986. The average molecular weight is 425 g/mol. The second-order valence-corrected chi connectivity index (χ2v) is 7.68. The van der Waals surface area contributed by atoms with E-state index in [0.717, 1.165) is 29.7 Å². The van der Waals surface area contributed by atoms with Crippen molar-refractivity contribution in [3.05, 3.63) is 47.5 Å². The number of nitrogens with one attached hydrogen (secondary N) is 4. The van der Waals surface area contributed by atoms with Crippen molar-refractivity contribution in [2.45, 2.75) is 26.7 Å². The van der Waals surface area contributed by atoms with Gasteiger partial charge in [-0.05, 0) is 62.1 Å². The summed E-state index contributed by atoms with van der Waals surface area (Å²) in [6.45, 7) is 3.67. The molecule has 0 atom stereocenters. The molecule has 1 aliphatic carbocycles. The second-order valence-electron chi connectivity index (χ2n) is 7.68. The average Bonchev–Trinajstić information content (AvgIpc) is 3.58. The van der Waals surface area contributed by atoms with E-state index in [9.17, 15) is 14.4 Å². The maximum atomic E-state index is 12.2. The molecule has 1 fully saturated rings. The van der Waals surface area contributed by atoms with Crippen molar-refractivity contribution >= 4 is 34.8 Å². The van der Waals surface area contributed by atoms with Crippen molar-refractivity contribution in [1.82, 2.24) is 5.32 Å². The summed E-state index contributed by atoms with van der Waals surface area (Å²) in [5.41, 5.74) is 3.92. The smallest absolute Gasteiger partial charge is 0.243 e. The molecule has 8 heteroatoms. The number of rotatable bonds is 9. The minimum atomic E-state index is -0.349. The Labute approximate surface area is 181 Å². The first-order chi connectivity index (χ1) is 14.9. The Balaban J connectivity index is 1.47. The van der Waals surface area contributed by atoms with Crippen LogP contribution in [0.2, 0.25) is 0 Å². The molecule has 2 aromatic carbocycles. The molecule has 8 nitrogen and oxygen atoms in total. The summed E-state index contributed by atoms with van der Waals surface area (Å²) < 4.78 is 5.24. The zero-order chi connectivity index (χ0) is 22.4. The summed E-state index contributed by atoms with van der Waals surface area (Å²) in [4.78, 5) is 36.3. The molecule has 164 valence electrons. The predicted octanol–water partition coefficient (Wildman–Crippen LogP) is 2.83. The van der Waals surface area contributed by atoms with Crippen LogP contribution in [0.1, 0.15) is 24.0 Å². The Morgan fingerprint density at radius 2 is 1.71 bits per heavy atom. The first-order valence-electron chi connectivity index (χ1n) is 10.2. The molecule has 3 rings (SSSR count). The van der Waals surface area contributed by atoms with E-state index in [1.807, 2.05) is 32.0 Å². The predicted molar refractivity (Wildman–Crippen MR) is 120 cm³/mol. The monoisotopic (exact) mass is 424 g/mol. The van der Waals surface area contributed by atoms with Gasteiger partial charge in [-0.3, -0.25) is 14.4 Å². The van der Waals surface area contributed by atoms with Crippen LogP contribution in [0.3, 0.4) is 0 Å². The van der Waals surface area contributed by atoms with Crippen molar-refractivity contribution in [1.29, 1.82) is 0 Å². The van der Waals surface area contributed by atoms with Gasteiger partial charge in [-0.2, -0.15) is 0 Å². The standard InChI is InChI=1S/C23H28N4O4/c1-14-4-9-20(31-3)19(10-14)27-22(29)13-25-21(28)12-24-18-11-17(8-5-15(18)2)26-23(30)16-6-7-16/h4-5,8-11,16,24H,6-7,12-13H2,1-3H3,(H,25,28)(H,26,30)(H,27,29). The highest BCUT2D eigenvalue weighted by Crippen LogP contribution is 2.31. The van der Waals surface area contributed by atoms with Gasteiger partial charge in [0.2, 0.25) is 17.7 Å². The molecule has 0 spiro atoms. The number of ether oxygens (including phenoxy) is 1. The number of hydrogen-bond acceptors (Lipinski definition) is 5. The largest absolute Gasteiger partial charge is 0.495 e. The van der Waals surface area contributed by atoms with Crippen LogP contribution in [0.5, 0.6) is 5.75 Å². The third-order valence-corrected chi connectivity index (χ3v) is 4.97. The fourth-order valence-electron chi connectivity index (χ4n) is 3.01. The lowest BCUT2D eigenvalue weighted by Crippen LogP contribution is -2.36. The Morgan fingerprint density at radius 1 is 0.935 bits per heavy atom. The summed E-state index contributed by atoms with van der Waals surface area (Å²) in [5.74, 6) is 0.0330. The molecule has 1 aliphatic rings. The Morgan fingerprint density at radius 3 is 2.42 bits per heavy atom. The van der Waals surface area contributed by atoms with E-state index in [0.29, 0.717) is 17.1 Å². The minimum absolute atomic E-state index is 0.00190. The number of carbonyl (C=O) groups excluding carboxylic acids is 3. The zero-order valence-electron chi connectivity index (χ0n) is 18.0. The van der Waals surface area contributed by atoms with Crippen molar-refractivity contribution < 1.29 is 19.1 Å². The quantitative estimate of drug-likeness (QED) is 0.495. The van der Waals surface area contributed by atoms with Gasteiger partial charge in [-0.15, -0.1) is 0 Å². The fourth-order valence-corrected chi connectivity index (χ4v) is 3.01. The van der Waals surface area contributed by atoms with Crippen LogP contribution in [-0.2, 0) is 14.4 Å². The van der Waals surface area contributed by atoms with Gasteiger partial charge < -0.3 is 26.0 Å². The maximum absolute atomic E-state index is 12.2. The van der Waals surface area contributed by atoms with E-state index in [4.69, 9.17) is 4.74 Å². The third kappa shape index (κ3) is 6.47. The number of methoxy groups -OCH3 is 1. The van der Waals surface area contributed by atoms with Crippen molar-refractivity contribution in [3.63, 3.8) is 0 Å². The molecule has 4 N–H and O–H groups in total. The lowest BCUT2D eigenvalue weighted by molar-refractivity contribution is -0.122. The summed E-state index contributed by atoms with van der Waals surface area (Å²) in [6, 6.07) is 11.0. The van der Waals surface area contributed by atoms with Crippen LogP contribution in [-0.4, -0.2) is 37.9 Å². The van der Waals surface area contributed by atoms with E-state index in [1.54, 1.807) is 18.2 Å². The number of amides is 3. The molecule has 0 aliphatic heterocycles. The van der Waals surface area contributed by atoms with Crippen LogP contribution in [0.4, 0.5) is 17.1 Å². The van der Waals surface area contributed by atoms with Gasteiger partial charge in [0.15, 0.2) is 0 Å². The van der Waals surface area contributed by atoms with Crippen LogP contribution >= 0.6 is 0 Å². The Kier molecular flexibility index (Phi) is 7.12. The van der Waals surface area contributed by atoms with E-state index in [-0.39, 0.29) is 36.7 Å². The van der Waals surface area contributed by atoms with Gasteiger partial charge in [-0.25, -0.2) is 0 Å². The molecule has 0 radical (unpaired) electrons. The number of hydrogen-bond donors (Lipinski definition) is 4. The van der Waals surface area contributed by atoms with Crippen molar-refractivity contribution in [2.75, 3.05) is 36.1 Å². The normalized spacial score (nSPS) is 12.6. The minimum Gasteiger partial charge on any atom is -0.495 e. The first kappa shape index (κ1) is 22.1. The van der Waals surface area contributed by atoms with Crippen LogP contribution in [0, 0.1) is 19.8 Å². The molecule has 0 heterocycles. The van der Waals surface area contributed by atoms with Gasteiger partial charge in [0.1, 0.15) is 5.75 Å². The van der Waals surface area contributed by atoms with E-state index < -0.39 is 0 Å². The molecular formula is C23H28N4O4. The van der Waals surface area contributed by atoms with Crippen molar-refractivity contribution in [3.8, 4) is 5.75 Å². The van der Waals surface area contributed by atoms with Gasteiger partial charge >= 0.3 is 0 Å². The molecule has 1 saturated carbocycles. The van der Waals surface area contributed by atoms with E-state index >= 15 is 0 Å². The summed E-state index contributed by atoms with van der Waals surface area (Å²) in [5, 5.41) is 11.3. The first-order valence-corrected chi connectivity index (χ1v) is 10.2. The topological polar surface area (TPSA) is 109 Å². The lowest BCUT2D eigenvalue weighted by atomic mass is 10.1. The summed E-state index contributed by atoms with van der Waals surface area (Å²) >= 11 is 0. The maximum Gasteiger partial charge on any atom is 0.243 e. The highest BCUT2D eigenvalue weighted by atomic mass is 16.5. The molecule has 31 heavy (non-hydrogen) atoms. The molecule has 3 amide bonds. The van der Waals surface area contributed by atoms with Crippen LogP contribution in [0.25, 0.3) is 0 Å². The SMILES string of the molecule is COc1ccc(C)cc1NC(=O)CNC(=O)CNc1cc(NC(=O)C2CC2)ccc1C.